The van der Waals surface area contributed by atoms with Crippen molar-refractivity contribution in [1.82, 2.24) is 14.9 Å². The average molecular weight is 303 g/mol. The van der Waals surface area contributed by atoms with Crippen LogP contribution in [0.5, 0.6) is 0 Å². The van der Waals surface area contributed by atoms with Crippen molar-refractivity contribution in [2.45, 2.75) is 45.3 Å². The first kappa shape index (κ1) is 16.5. The fraction of sp³-hybridized carbons (Fsp3) is 0.529. The molecule has 1 aliphatic heterocycles. The SMILES string of the molecule is CC(C)(C)OC=O.CN1CCCC1c1nc2ccccc2[nH]1. The molecule has 3 rings (SSSR count). The van der Waals surface area contributed by atoms with Crippen LogP contribution in [0.4, 0.5) is 0 Å². The summed E-state index contributed by atoms with van der Waals surface area (Å²) in [5.74, 6) is 1.12. The van der Waals surface area contributed by atoms with Crippen molar-refractivity contribution in [2.24, 2.45) is 0 Å². The van der Waals surface area contributed by atoms with Gasteiger partial charge in [-0.25, -0.2) is 4.98 Å². The van der Waals surface area contributed by atoms with E-state index in [1.165, 1.54) is 19.4 Å². The number of nitrogens with zero attached hydrogens (tertiary/aromatic N) is 2. The molecule has 1 N–H and O–H groups in total. The Hall–Kier alpha value is -1.88. The normalized spacial score (nSPS) is 18.8. The van der Waals surface area contributed by atoms with Crippen LogP contribution in [0, 0.1) is 0 Å². The molecule has 0 spiro atoms. The molecule has 2 heterocycles. The second-order valence-electron chi connectivity index (χ2n) is 6.60. The average Bonchev–Trinajstić information content (AvgIpc) is 3.03. The Morgan fingerprint density at radius 3 is 2.59 bits per heavy atom. The minimum atomic E-state index is -0.318. The minimum Gasteiger partial charge on any atom is -0.462 e. The number of hydrogen-bond acceptors (Lipinski definition) is 4. The summed E-state index contributed by atoms with van der Waals surface area (Å²) < 4.78 is 4.55. The fourth-order valence-electron chi connectivity index (χ4n) is 2.53. The molecule has 1 aromatic heterocycles. The number of aromatic amines is 1. The van der Waals surface area contributed by atoms with Gasteiger partial charge < -0.3 is 9.72 Å². The number of hydrogen-bond donors (Lipinski definition) is 1. The molecule has 0 amide bonds. The van der Waals surface area contributed by atoms with E-state index in [9.17, 15) is 4.79 Å². The zero-order valence-electron chi connectivity index (χ0n) is 13.8. The molecule has 0 aliphatic carbocycles. The molecule has 1 unspecified atom stereocenters. The number of likely N-dealkylation sites (tertiary alicyclic amines) is 1. The van der Waals surface area contributed by atoms with E-state index in [2.05, 4.69) is 38.8 Å². The fourth-order valence-corrected chi connectivity index (χ4v) is 2.53. The molecule has 0 saturated carbocycles. The Kier molecular flexibility index (Phi) is 5.19. The zero-order chi connectivity index (χ0) is 16.2. The van der Waals surface area contributed by atoms with E-state index in [4.69, 9.17) is 0 Å². The van der Waals surface area contributed by atoms with Gasteiger partial charge in [-0.1, -0.05) is 12.1 Å². The molecular formula is C17H25N3O2. The van der Waals surface area contributed by atoms with Crippen molar-refractivity contribution < 1.29 is 9.53 Å². The molecular weight excluding hydrogens is 278 g/mol. The van der Waals surface area contributed by atoms with Gasteiger partial charge in [0.05, 0.1) is 17.1 Å². The third-order valence-corrected chi connectivity index (χ3v) is 3.65. The quantitative estimate of drug-likeness (QED) is 0.865. The summed E-state index contributed by atoms with van der Waals surface area (Å²) in [5.41, 5.74) is 1.91. The Bertz CT molecular complexity index is 583. The first-order valence-electron chi connectivity index (χ1n) is 7.67. The van der Waals surface area contributed by atoms with Crippen molar-refractivity contribution in [1.29, 1.82) is 0 Å². The summed E-state index contributed by atoms with van der Waals surface area (Å²) in [5, 5.41) is 0. The minimum absolute atomic E-state index is 0.318. The van der Waals surface area contributed by atoms with E-state index in [0.29, 0.717) is 12.5 Å². The van der Waals surface area contributed by atoms with Gasteiger partial charge in [0.2, 0.25) is 0 Å². The van der Waals surface area contributed by atoms with E-state index in [-0.39, 0.29) is 5.60 Å². The highest BCUT2D eigenvalue weighted by Crippen LogP contribution is 2.29. The van der Waals surface area contributed by atoms with Crippen LogP contribution < -0.4 is 0 Å². The summed E-state index contributed by atoms with van der Waals surface area (Å²) in [7, 11) is 2.17. The van der Waals surface area contributed by atoms with E-state index in [1.807, 2.05) is 32.9 Å². The molecule has 0 radical (unpaired) electrons. The number of para-hydroxylation sites is 2. The van der Waals surface area contributed by atoms with Crippen LogP contribution in [-0.4, -0.2) is 40.5 Å². The lowest BCUT2D eigenvalue weighted by Crippen LogP contribution is -2.18. The van der Waals surface area contributed by atoms with Crippen LogP contribution in [0.1, 0.15) is 45.5 Å². The number of H-pyrrole nitrogens is 1. The third-order valence-electron chi connectivity index (χ3n) is 3.65. The van der Waals surface area contributed by atoms with Crippen LogP contribution in [0.25, 0.3) is 11.0 Å². The summed E-state index contributed by atoms with van der Waals surface area (Å²) in [4.78, 5) is 20.0. The first-order valence-corrected chi connectivity index (χ1v) is 7.67. The Labute approximate surface area is 131 Å². The van der Waals surface area contributed by atoms with Gasteiger partial charge in [0.1, 0.15) is 11.4 Å². The molecule has 5 heteroatoms. The van der Waals surface area contributed by atoms with E-state index in [1.54, 1.807) is 0 Å². The highest BCUT2D eigenvalue weighted by atomic mass is 16.5. The highest BCUT2D eigenvalue weighted by molar-refractivity contribution is 5.74. The number of carbonyl (C=O) groups excluding carboxylic acids is 1. The van der Waals surface area contributed by atoms with Crippen molar-refractivity contribution >= 4 is 17.5 Å². The summed E-state index contributed by atoms with van der Waals surface area (Å²) in [6.45, 7) is 7.10. The molecule has 1 aliphatic rings. The predicted molar refractivity (Wildman–Crippen MR) is 87.6 cm³/mol. The number of carbonyl (C=O) groups is 1. The second-order valence-corrected chi connectivity index (χ2v) is 6.60. The van der Waals surface area contributed by atoms with Gasteiger partial charge in [0.15, 0.2) is 0 Å². The largest absolute Gasteiger partial charge is 0.462 e. The zero-order valence-corrected chi connectivity index (χ0v) is 13.8. The van der Waals surface area contributed by atoms with E-state index in [0.717, 1.165) is 16.9 Å². The van der Waals surface area contributed by atoms with Crippen molar-refractivity contribution in [3.05, 3.63) is 30.1 Å². The predicted octanol–water partition coefficient (Wildman–Crippen LogP) is 3.29. The summed E-state index contributed by atoms with van der Waals surface area (Å²) >= 11 is 0. The molecule has 5 nitrogen and oxygen atoms in total. The smallest absolute Gasteiger partial charge is 0.293 e. The maximum atomic E-state index is 9.60. The number of imidazole rings is 1. The Morgan fingerprint density at radius 1 is 1.36 bits per heavy atom. The van der Waals surface area contributed by atoms with Crippen molar-refractivity contribution in [3.8, 4) is 0 Å². The van der Waals surface area contributed by atoms with Crippen LogP contribution in [0.3, 0.4) is 0 Å². The van der Waals surface area contributed by atoms with Gasteiger partial charge >= 0.3 is 0 Å². The molecule has 1 aromatic carbocycles. The van der Waals surface area contributed by atoms with E-state index < -0.39 is 0 Å². The second kappa shape index (κ2) is 6.92. The van der Waals surface area contributed by atoms with Crippen LogP contribution in [0.15, 0.2) is 24.3 Å². The van der Waals surface area contributed by atoms with Crippen molar-refractivity contribution in [3.63, 3.8) is 0 Å². The molecule has 1 saturated heterocycles. The molecule has 22 heavy (non-hydrogen) atoms. The number of nitrogens with one attached hydrogen (secondary N) is 1. The molecule has 1 atom stereocenters. The van der Waals surface area contributed by atoms with Gasteiger partial charge in [-0.2, -0.15) is 0 Å². The number of ether oxygens (including phenoxy) is 1. The van der Waals surface area contributed by atoms with Gasteiger partial charge in [0, 0.05) is 0 Å². The summed E-state index contributed by atoms with van der Waals surface area (Å²) in [6.07, 6.45) is 2.49. The summed E-state index contributed by atoms with van der Waals surface area (Å²) in [6, 6.07) is 8.70. The standard InChI is InChI=1S/C12H15N3.C5H10O2/c1-15-8-4-7-11(15)12-13-9-5-2-3-6-10(9)14-12;1-5(2,3)7-4-6/h2-3,5-6,11H,4,7-8H2,1H3,(H,13,14);4H,1-3H3. The van der Waals surface area contributed by atoms with Crippen LogP contribution in [0.2, 0.25) is 0 Å². The third kappa shape index (κ3) is 4.31. The van der Waals surface area contributed by atoms with Gasteiger partial charge in [-0.15, -0.1) is 0 Å². The first-order chi connectivity index (χ1) is 10.4. The number of rotatable bonds is 2. The monoisotopic (exact) mass is 303 g/mol. The Morgan fingerprint density at radius 2 is 2.09 bits per heavy atom. The van der Waals surface area contributed by atoms with Gasteiger partial charge in [0.25, 0.3) is 6.47 Å². The topological polar surface area (TPSA) is 58.2 Å². The number of fused-ring (bicyclic) bond motifs is 1. The highest BCUT2D eigenvalue weighted by Gasteiger charge is 2.25. The lowest BCUT2D eigenvalue weighted by Gasteiger charge is -2.16. The van der Waals surface area contributed by atoms with Gasteiger partial charge in [-0.05, 0) is 59.3 Å². The number of benzene rings is 1. The molecule has 1 fully saturated rings. The van der Waals surface area contributed by atoms with E-state index >= 15 is 0 Å². The Balaban J connectivity index is 0.000000217. The van der Waals surface area contributed by atoms with Crippen molar-refractivity contribution in [2.75, 3.05) is 13.6 Å². The maximum Gasteiger partial charge on any atom is 0.293 e. The van der Waals surface area contributed by atoms with Crippen LogP contribution in [-0.2, 0) is 9.53 Å². The molecule has 2 aromatic rings. The van der Waals surface area contributed by atoms with Crippen LogP contribution >= 0.6 is 0 Å². The number of aromatic nitrogens is 2. The lowest BCUT2D eigenvalue weighted by molar-refractivity contribution is -0.138. The van der Waals surface area contributed by atoms with Gasteiger partial charge in [-0.3, -0.25) is 9.69 Å². The molecule has 120 valence electrons. The lowest BCUT2D eigenvalue weighted by atomic mass is 10.2. The molecule has 0 bridgehead atoms. The maximum absolute atomic E-state index is 9.60.